The highest BCUT2D eigenvalue weighted by molar-refractivity contribution is 7.98. The number of imide groups is 1. The van der Waals surface area contributed by atoms with Crippen molar-refractivity contribution in [2.24, 2.45) is 0 Å². The van der Waals surface area contributed by atoms with Gasteiger partial charge in [0.05, 0.1) is 26.8 Å². The number of carbonyl (C=O) groups excluding carboxylic acids is 4. The number of halogens is 1. The molecule has 0 bridgehead atoms. The van der Waals surface area contributed by atoms with E-state index < -0.39 is 40.8 Å². The maximum absolute atomic E-state index is 13.0. The Kier molecular flexibility index (Phi) is 7.90. The highest BCUT2D eigenvalue weighted by atomic mass is 35.5. The molecule has 1 aliphatic heterocycles. The molecule has 0 unspecified atom stereocenters. The van der Waals surface area contributed by atoms with E-state index in [4.69, 9.17) is 16.3 Å². The minimum Gasteiger partial charge on any atom is -0.451 e. The summed E-state index contributed by atoms with van der Waals surface area (Å²) < 4.78 is 5.30. The first-order valence-electron chi connectivity index (χ1n) is 10.1. The summed E-state index contributed by atoms with van der Waals surface area (Å²) in [5.74, 6) is -2.38. The van der Waals surface area contributed by atoms with Crippen molar-refractivity contribution in [1.29, 1.82) is 0 Å². The number of thioether (sulfide) groups is 1. The molecule has 1 heterocycles. The summed E-state index contributed by atoms with van der Waals surface area (Å²) in [5, 5.41) is 13.2. The number of hydrogen-bond donors (Lipinski definition) is 1. The third kappa shape index (κ3) is 5.20. The van der Waals surface area contributed by atoms with E-state index in [0.29, 0.717) is 5.75 Å². The van der Waals surface area contributed by atoms with Crippen molar-refractivity contribution < 1.29 is 28.8 Å². The number of fused-ring (bicyclic) bond motifs is 1. The monoisotopic (exact) mass is 505 g/mol. The molecule has 0 aliphatic carbocycles. The molecule has 12 heteroatoms. The lowest BCUT2D eigenvalue weighted by Crippen LogP contribution is -2.47. The number of nitro benzene ring substituents is 1. The number of anilines is 1. The van der Waals surface area contributed by atoms with Crippen LogP contribution in [0, 0.1) is 10.1 Å². The van der Waals surface area contributed by atoms with Crippen LogP contribution < -0.4 is 5.32 Å². The maximum Gasteiger partial charge on any atom is 0.330 e. The molecule has 34 heavy (non-hydrogen) atoms. The number of non-ortho nitro benzene ring substituents is 1. The summed E-state index contributed by atoms with van der Waals surface area (Å²) in [6.45, 7) is 1.32. The fraction of sp³-hybridized carbons (Fsp3) is 0.273. The third-order valence-electron chi connectivity index (χ3n) is 5.09. The first kappa shape index (κ1) is 25.2. The second kappa shape index (κ2) is 10.7. The van der Waals surface area contributed by atoms with E-state index in [1.54, 1.807) is 12.1 Å². The van der Waals surface area contributed by atoms with Gasteiger partial charge in [-0.25, -0.2) is 4.79 Å². The van der Waals surface area contributed by atoms with Gasteiger partial charge < -0.3 is 10.1 Å². The topological polar surface area (TPSA) is 136 Å². The van der Waals surface area contributed by atoms with Crippen molar-refractivity contribution in [2.75, 3.05) is 17.3 Å². The fourth-order valence-electron chi connectivity index (χ4n) is 3.33. The van der Waals surface area contributed by atoms with Crippen LogP contribution in [0.1, 0.15) is 34.1 Å². The Morgan fingerprint density at radius 3 is 2.32 bits per heavy atom. The Hall–Kier alpha value is -3.44. The highest BCUT2D eigenvalue weighted by Gasteiger charge is 2.43. The van der Waals surface area contributed by atoms with Gasteiger partial charge in [0.2, 0.25) is 0 Å². The van der Waals surface area contributed by atoms with Crippen LogP contribution >= 0.6 is 23.4 Å². The predicted octanol–water partition coefficient (Wildman–Crippen LogP) is 3.54. The molecule has 1 N–H and O–H groups in total. The number of carbonyl (C=O) groups is 4. The van der Waals surface area contributed by atoms with Crippen LogP contribution in [-0.4, -0.2) is 57.7 Å². The van der Waals surface area contributed by atoms with E-state index in [-0.39, 0.29) is 33.9 Å². The molecule has 0 saturated heterocycles. The molecule has 2 atom stereocenters. The molecular weight excluding hydrogens is 486 g/mol. The molecule has 3 amide bonds. The van der Waals surface area contributed by atoms with E-state index in [2.05, 4.69) is 5.32 Å². The zero-order valence-corrected chi connectivity index (χ0v) is 19.7. The van der Waals surface area contributed by atoms with Crippen LogP contribution in [0.3, 0.4) is 0 Å². The fourth-order valence-corrected chi connectivity index (χ4v) is 4.01. The van der Waals surface area contributed by atoms with Crippen LogP contribution in [0.2, 0.25) is 5.02 Å². The van der Waals surface area contributed by atoms with Crippen LogP contribution in [0.25, 0.3) is 0 Å². The Morgan fingerprint density at radius 2 is 1.79 bits per heavy atom. The molecule has 2 aromatic carbocycles. The van der Waals surface area contributed by atoms with Crippen molar-refractivity contribution in [3.63, 3.8) is 0 Å². The molecule has 0 fully saturated rings. The van der Waals surface area contributed by atoms with Crippen LogP contribution in [0.5, 0.6) is 0 Å². The molecule has 10 nitrogen and oxygen atoms in total. The van der Waals surface area contributed by atoms with Gasteiger partial charge in [0.1, 0.15) is 6.04 Å². The van der Waals surface area contributed by atoms with E-state index in [9.17, 15) is 29.3 Å². The van der Waals surface area contributed by atoms with E-state index in [0.717, 1.165) is 11.0 Å². The summed E-state index contributed by atoms with van der Waals surface area (Å²) in [6, 6.07) is 8.56. The summed E-state index contributed by atoms with van der Waals surface area (Å²) >= 11 is 7.41. The van der Waals surface area contributed by atoms with Crippen LogP contribution in [-0.2, 0) is 14.3 Å². The Bertz CT molecular complexity index is 1140. The Labute approximate surface area is 203 Å². The quantitative estimate of drug-likeness (QED) is 0.236. The molecule has 178 valence electrons. The van der Waals surface area contributed by atoms with Gasteiger partial charge in [-0.3, -0.25) is 29.4 Å². The average molecular weight is 506 g/mol. The molecule has 0 saturated carbocycles. The van der Waals surface area contributed by atoms with Gasteiger partial charge in [-0.1, -0.05) is 23.7 Å². The second-order valence-corrected chi connectivity index (χ2v) is 8.71. The number of amides is 3. The molecule has 0 aromatic heterocycles. The predicted molar refractivity (Wildman–Crippen MR) is 126 cm³/mol. The van der Waals surface area contributed by atoms with Gasteiger partial charge in [-0.2, -0.15) is 11.8 Å². The zero-order valence-electron chi connectivity index (χ0n) is 18.1. The molecule has 1 aliphatic rings. The lowest BCUT2D eigenvalue weighted by molar-refractivity contribution is -0.384. The minimum atomic E-state index is -1.30. The van der Waals surface area contributed by atoms with E-state index in [1.807, 2.05) is 6.26 Å². The number of esters is 1. The lowest BCUT2D eigenvalue weighted by Gasteiger charge is -2.25. The van der Waals surface area contributed by atoms with Gasteiger partial charge >= 0.3 is 5.97 Å². The van der Waals surface area contributed by atoms with Crippen molar-refractivity contribution >= 4 is 58.4 Å². The number of rotatable bonds is 9. The molecule has 2 aromatic rings. The second-order valence-electron chi connectivity index (χ2n) is 7.31. The Morgan fingerprint density at radius 1 is 1.18 bits per heavy atom. The van der Waals surface area contributed by atoms with Gasteiger partial charge in [-0.15, -0.1) is 0 Å². The number of hydrogen-bond acceptors (Lipinski definition) is 8. The van der Waals surface area contributed by atoms with Gasteiger partial charge in [0.25, 0.3) is 23.4 Å². The Balaban J connectivity index is 1.73. The molecule has 0 spiro atoms. The van der Waals surface area contributed by atoms with Crippen molar-refractivity contribution in [3.8, 4) is 0 Å². The molecule has 0 radical (unpaired) electrons. The summed E-state index contributed by atoms with van der Waals surface area (Å²) in [7, 11) is 0. The number of ether oxygens (including phenoxy) is 1. The van der Waals surface area contributed by atoms with Crippen molar-refractivity contribution in [2.45, 2.75) is 25.5 Å². The lowest BCUT2D eigenvalue weighted by atomic mass is 10.1. The standard InChI is InChI=1S/C22H20ClN3O7S/c1-12(19(27)24-17-8-7-13(26(31)32)11-16(17)23)33-22(30)18(9-10-34-2)25-20(28)14-5-3-4-6-15(14)21(25)29/h3-8,11-12,18H,9-10H2,1-2H3,(H,24,27)/t12-,18-/m1/s1. The third-order valence-corrected chi connectivity index (χ3v) is 6.04. The number of nitrogens with one attached hydrogen (secondary N) is 1. The summed E-state index contributed by atoms with van der Waals surface area (Å²) in [6.07, 6.45) is 0.661. The average Bonchev–Trinajstić information content (AvgIpc) is 3.05. The maximum atomic E-state index is 13.0. The normalized spacial score (nSPS) is 14.4. The van der Waals surface area contributed by atoms with E-state index >= 15 is 0 Å². The molecule has 3 rings (SSSR count). The number of benzene rings is 2. The van der Waals surface area contributed by atoms with Gasteiger partial charge in [-0.05, 0) is 43.6 Å². The van der Waals surface area contributed by atoms with Crippen LogP contribution in [0.15, 0.2) is 42.5 Å². The van der Waals surface area contributed by atoms with Gasteiger partial charge in [0.15, 0.2) is 6.10 Å². The molecular formula is C22H20ClN3O7S. The van der Waals surface area contributed by atoms with Crippen molar-refractivity contribution in [3.05, 3.63) is 68.7 Å². The van der Waals surface area contributed by atoms with Crippen molar-refractivity contribution in [1.82, 2.24) is 4.90 Å². The van der Waals surface area contributed by atoms with Crippen LogP contribution in [0.4, 0.5) is 11.4 Å². The summed E-state index contributed by atoms with van der Waals surface area (Å²) in [5.41, 5.74) is 0.251. The minimum absolute atomic E-state index is 0.0649. The first-order valence-corrected chi connectivity index (χ1v) is 11.8. The summed E-state index contributed by atoms with van der Waals surface area (Å²) in [4.78, 5) is 62.3. The number of nitrogens with zero attached hydrogens (tertiary/aromatic N) is 2. The smallest absolute Gasteiger partial charge is 0.330 e. The van der Waals surface area contributed by atoms with E-state index in [1.165, 1.54) is 43.0 Å². The zero-order chi connectivity index (χ0) is 25.0. The highest BCUT2D eigenvalue weighted by Crippen LogP contribution is 2.28. The number of nitro groups is 1. The first-order chi connectivity index (χ1) is 16.1. The van der Waals surface area contributed by atoms with Gasteiger partial charge in [0, 0.05) is 12.1 Å². The largest absolute Gasteiger partial charge is 0.451 e. The SMILES string of the molecule is CSCC[C@H](C(=O)O[C@H](C)C(=O)Nc1ccc([N+](=O)[O-])cc1Cl)N1C(=O)c2ccccc2C1=O.